The van der Waals surface area contributed by atoms with E-state index in [2.05, 4.69) is 0 Å². The fourth-order valence-corrected chi connectivity index (χ4v) is 3.21. The second-order valence-corrected chi connectivity index (χ2v) is 6.87. The van der Waals surface area contributed by atoms with Crippen molar-refractivity contribution in [3.63, 3.8) is 0 Å². The summed E-state index contributed by atoms with van der Waals surface area (Å²) < 4.78 is 0. The molecule has 0 aromatic carbocycles. The quantitative estimate of drug-likeness (QED) is 0.480. The predicted molar refractivity (Wildman–Crippen MR) is 72.6 cm³/mol. The first-order chi connectivity index (χ1) is 9.61. The van der Waals surface area contributed by atoms with Crippen LogP contribution >= 0.6 is 0 Å². The Morgan fingerprint density at radius 1 is 0.762 bits per heavy atom. The summed E-state index contributed by atoms with van der Waals surface area (Å²) in [7, 11) is 0. The number of rotatable bonds is 0. The summed E-state index contributed by atoms with van der Waals surface area (Å²) in [4.78, 5) is 53.2. The summed E-state index contributed by atoms with van der Waals surface area (Å²) >= 11 is 0. The van der Waals surface area contributed by atoms with E-state index in [1.807, 2.05) is 0 Å². The normalized spacial score (nSPS) is 27.2. The molecular formula is C15H18N2O4. The Morgan fingerprint density at radius 2 is 1.14 bits per heavy atom. The number of ketones is 2. The van der Waals surface area contributed by atoms with Crippen LogP contribution in [0.1, 0.15) is 34.1 Å². The number of amides is 2. The molecule has 0 spiro atoms. The van der Waals surface area contributed by atoms with Gasteiger partial charge in [-0.1, -0.05) is 0 Å². The molecule has 1 fully saturated rings. The van der Waals surface area contributed by atoms with Crippen LogP contribution in [0.5, 0.6) is 0 Å². The van der Waals surface area contributed by atoms with E-state index < -0.39 is 22.4 Å². The van der Waals surface area contributed by atoms with Gasteiger partial charge in [-0.15, -0.1) is 0 Å². The Labute approximate surface area is 122 Å². The predicted octanol–water partition coefficient (Wildman–Crippen LogP) is 0.477. The molecule has 3 aliphatic heterocycles. The van der Waals surface area contributed by atoms with E-state index in [-0.39, 0.29) is 23.2 Å². The number of carbonyl (C=O) groups is 4. The molecule has 3 rings (SSSR count). The Balaban J connectivity index is 2.32. The standard InChI is InChI=1S/C15H18N2O4/c1-14(2)9(18)8-10(19)15(3,4)13(21)17-7-5-6-16(11(8)17)12(14)20/h5-7H2,1-4H3. The first-order valence-electron chi connectivity index (χ1n) is 7.09. The molecule has 0 aromatic heterocycles. The molecule has 3 heterocycles. The number of nitrogens with zero attached hydrogens (tertiary/aromatic N) is 2. The maximum absolute atomic E-state index is 12.7. The molecule has 0 radical (unpaired) electrons. The van der Waals surface area contributed by atoms with Gasteiger partial charge in [0.1, 0.15) is 22.2 Å². The van der Waals surface area contributed by atoms with Crippen molar-refractivity contribution in [2.45, 2.75) is 34.1 Å². The van der Waals surface area contributed by atoms with Crippen molar-refractivity contribution in [3.8, 4) is 0 Å². The van der Waals surface area contributed by atoms with Crippen LogP contribution in [0.3, 0.4) is 0 Å². The summed E-state index contributed by atoms with van der Waals surface area (Å²) in [5.74, 6) is -1.41. The highest BCUT2D eigenvalue weighted by molar-refractivity contribution is 6.34. The summed E-state index contributed by atoms with van der Waals surface area (Å²) in [5, 5.41) is 0. The molecule has 0 bridgehead atoms. The number of hydrogen-bond acceptors (Lipinski definition) is 4. The number of carbonyl (C=O) groups excluding carboxylic acids is 4. The van der Waals surface area contributed by atoms with Gasteiger partial charge in [0.25, 0.3) is 0 Å². The maximum atomic E-state index is 12.7. The van der Waals surface area contributed by atoms with Gasteiger partial charge in [0.05, 0.1) is 0 Å². The second-order valence-electron chi connectivity index (χ2n) is 6.87. The topological polar surface area (TPSA) is 74.8 Å². The van der Waals surface area contributed by atoms with Gasteiger partial charge >= 0.3 is 0 Å². The largest absolute Gasteiger partial charge is 0.297 e. The van der Waals surface area contributed by atoms with Gasteiger partial charge in [0.2, 0.25) is 11.8 Å². The molecule has 3 aliphatic rings. The molecule has 0 aromatic rings. The van der Waals surface area contributed by atoms with E-state index in [1.54, 1.807) is 0 Å². The minimum atomic E-state index is -1.26. The third-order valence-corrected chi connectivity index (χ3v) is 4.65. The van der Waals surface area contributed by atoms with Crippen molar-refractivity contribution < 1.29 is 19.2 Å². The van der Waals surface area contributed by atoms with Crippen molar-refractivity contribution in [3.05, 3.63) is 11.4 Å². The van der Waals surface area contributed by atoms with Crippen LogP contribution in [0.25, 0.3) is 0 Å². The summed E-state index contributed by atoms with van der Waals surface area (Å²) in [6, 6.07) is 0. The Hall–Kier alpha value is -1.98. The van der Waals surface area contributed by atoms with Crippen LogP contribution in [0.15, 0.2) is 11.4 Å². The average molecular weight is 290 g/mol. The van der Waals surface area contributed by atoms with Crippen LogP contribution in [-0.4, -0.2) is 46.3 Å². The fourth-order valence-electron chi connectivity index (χ4n) is 3.21. The minimum Gasteiger partial charge on any atom is -0.297 e. The highest BCUT2D eigenvalue weighted by atomic mass is 16.2. The second kappa shape index (κ2) is 3.81. The SMILES string of the molecule is CC1(C)C(=O)C2=C3N(CCCN3C(=O)C(C)(C)C2=O)C1=O. The third-order valence-electron chi connectivity index (χ3n) is 4.65. The zero-order chi connectivity index (χ0) is 15.7. The van der Waals surface area contributed by atoms with E-state index in [4.69, 9.17) is 0 Å². The molecule has 21 heavy (non-hydrogen) atoms. The fraction of sp³-hybridized carbons (Fsp3) is 0.600. The van der Waals surface area contributed by atoms with Gasteiger partial charge in [-0.05, 0) is 34.1 Å². The van der Waals surface area contributed by atoms with E-state index in [9.17, 15) is 19.2 Å². The Kier molecular flexibility index (Phi) is 2.54. The first kappa shape index (κ1) is 14.0. The molecule has 6 heteroatoms. The lowest BCUT2D eigenvalue weighted by Gasteiger charge is -2.50. The van der Waals surface area contributed by atoms with Gasteiger partial charge < -0.3 is 0 Å². The van der Waals surface area contributed by atoms with Crippen molar-refractivity contribution in [1.82, 2.24) is 9.80 Å². The molecule has 0 atom stereocenters. The zero-order valence-electron chi connectivity index (χ0n) is 12.6. The van der Waals surface area contributed by atoms with E-state index >= 15 is 0 Å². The number of hydrogen-bond donors (Lipinski definition) is 0. The lowest BCUT2D eigenvalue weighted by molar-refractivity contribution is -0.157. The highest BCUT2D eigenvalue weighted by Gasteiger charge is 2.58. The Bertz CT molecular complexity index is 590. The van der Waals surface area contributed by atoms with Gasteiger partial charge in [-0.3, -0.25) is 29.0 Å². The highest BCUT2D eigenvalue weighted by Crippen LogP contribution is 2.44. The first-order valence-corrected chi connectivity index (χ1v) is 7.09. The maximum Gasteiger partial charge on any atom is 0.241 e. The van der Waals surface area contributed by atoms with Gasteiger partial charge in [0, 0.05) is 13.1 Å². The van der Waals surface area contributed by atoms with E-state index in [0.29, 0.717) is 19.5 Å². The summed E-state index contributed by atoms with van der Waals surface area (Å²) in [6.07, 6.45) is 0.642. The van der Waals surface area contributed by atoms with Crippen molar-refractivity contribution in [2.24, 2.45) is 10.8 Å². The molecular weight excluding hydrogens is 272 g/mol. The van der Waals surface area contributed by atoms with Crippen molar-refractivity contribution in [2.75, 3.05) is 13.1 Å². The molecule has 1 saturated heterocycles. The van der Waals surface area contributed by atoms with Crippen LogP contribution in [0, 0.1) is 10.8 Å². The minimum absolute atomic E-state index is 0.0175. The van der Waals surface area contributed by atoms with Crippen LogP contribution in [0.2, 0.25) is 0 Å². The smallest absolute Gasteiger partial charge is 0.241 e. The van der Waals surface area contributed by atoms with Crippen molar-refractivity contribution in [1.29, 1.82) is 0 Å². The number of Topliss-reactive ketones (excluding diaryl/α,β-unsaturated/α-hetero) is 2. The van der Waals surface area contributed by atoms with Gasteiger partial charge in [-0.25, -0.2) is 0 Å². The van der Waals surface area contributed by atoms with Crippen LogP contribution in [0.4, 0.5) is 0 Å². The lowest BCUT2D eigenvalue weighted by atomic mass is 9.70. The molecule has 0 aliphatic carbocycles. The zero-order valence-corrected chi connectivity index (χ0v) is 12.6. The third kappa shape index (κ3) is 1.47. The number of allylic oxidation sites excluding steroid dienone is 1. The summed E-state index contributed by atoms with van der Waals surface area (Å²) in [6.45, 7) is 7.03. The van der Waals surface area contributed by atoms with Gasteiger partial charge in [-0.2, -0.15) is 0 Å². The van der Waals surface area contributed by atoms with Crippen LogP contribution < -0.4 is 0 Å². The average Bonchev–Trinajstić information content (AvgIpc) is 2.43. The Morgan fingerprint density at radius 3 is 1.52 bits per heavy atom. The van der Waals surface area contributed by atoms with E-state index in [1.165, 1.54) is 37.5 Å². The molecule has 2 amide bonds. The van der Waals surface area contributed by atoms with Crippen molar-refractivity contribution >= 4 is 23.4 Å². The molecule has 0 saturated carbocycles. The molecule has 0 unspecified atom stereocenters. The van der Waals surface area contributed by atoms with Crippen LogP contribution in [-0.2, 0) is 19.2 Å². The molecule has 112 valence electrons. The molecule has 6 nitrogen and oxygen atoms in total. The van der Waals surface area contributed by atoms with Gasteiger partial charge in [0.15, 0.2) is 11.6 Å². The lowest BCUT2D eigenvalue weighted by Crippen LogP contribution is -2.64. The summed E-state index contributed by atoms with van der Waals surface area (Å²) in [5.41, 5.74) is -2.49. The monoisotopic (exact) mass is 290 g/mol. The molecule has 0 N–H and O–H groups in total. The van der Waals surface area contributed by atoms with E-state index in [0.717, 1.165) is 0 Å².